The molecule has 1 aromatic heterocycles. The molecule has 6 heteroatoms. The summed E-state index contributed by atoms with van der Waals surface area (Å²) in [5, 5.41) is 5.48. The molecule has 2 rings (SSSR count). The number of hydrogen-bond donors (Lipinski definition) is 2. The first-order valence-electron chi connectivity index (χ1n) is 5.32. The maximum absolute atomic E-state index is 13.4. The Labute approximate surface area is 113 Å². The standard InChI is InChI=1S/C12H11FN2OS2/c13-10-2-1-8(17)7-9(10)12(16)15-4-3-11-14-5-6-18-11/h1-2,5-7,17H,3-4H2,(H,15,16). The Morgan fingerprint density at radius 1 is 1.50 bits per heavy atom. The first kappa shape index (κ1) is 13.0. The third kappa shape index (κ3) is 3.30. The average Bonchev–Trinajstić information content (AvgIpc) is 2.85. The van der Waals surface area contributed by atoms with Crippen LogP contribution in [0.2, 0.25) is 0 Å². The van der Waals surface area contributed by atoms with Crippen LogP contribution in [0, 0.1) is 5.82 Å². The largest absolute Gasteiger partial charge is 0.352 e. The van der Waals surface area contributed by atoms with Gasteiger partial charge in [-0.05, 0) is 18.2 Å². The number of nitrogens with zero attached hydrogens (tertiary/aromatic N) is 1. The van der Waals surface area contributed by atoms with E-state index in [0.29, 0.717) is 17.9 Å². The smallest absolute Gasteiger partial charge is 0.254 e. The number of nitrogens with one attached hydrogen (secondary N) is 1. The maximum atomic E-state index is 13.4. The molecule has 1 N–H and O–H groups in total. The second-order valence-corrected chi connectivity index (χ2v) is 5.09. The number of rotatable bonds is 4. The highest BCUT2D eigenvalue weighted by atomic mass is 32.1. The number of halogens is 1. The lowest BCUT2D eigenvalue weighted by Crippen LogP contribution is -2.26. The summed E-state index contributed by atoms with van der Waals surface area (Å²) in [4.78, 5) is 16.4. The summed E-state index contributed by atoms with van der Waals surface area (Å²) in [6.45, 7) is 0.433. The van der Waals surface area contributed by atoms with Gasteiger partial charge in [-0.25, -0.2) is 9.37 Å². The molecule has 0 aliphatic rings. The van der Waals surface area contributed by atoms with Crippen LogP contribution in [0.5, 0.6) is 0 Å². The fraction of sp³-hybridized carbons (Fsp3) is 0.167. The van der Waals surface area contributed by atoms with Crippen molar-refractivity contribution in [1.29, 1.82) is 0 Å². The molecule has 0 saturated carbocycles. The van der Waals surface area contributed by atoms with E-state index in [1.54, 1.807) is 6.20 Å². The number of carbonyl (C=O) groups is 1. The van der Waals surface area contributed by atoms with Crippen LogP contribution in [0.3, 0.4) is 0 Å². The first-order chi connectivity index (χ1) is 8.66. The van der Waals surface area contributed by atoms with Crippen molar-refractivity contribution < 1.29 is 9.18 Å². The van der Waals surface area contributed by atoms with Crippen molar-refractivity contribution in [2.75, 3.05) is 6.54 Å². The van der Waals surface area contributed by atoms with Gasteiger partial charge in [-0.15, -0.1) is 24.0 Å². The zero-order valence-electron chi connectivity index (χ0n) is 9.39. The van der Waals surface area contributed by atoms with Gasteiger partial charge in [0.2, 0.25) is 0 Å². The van der Waals surface area contributed by atoms with Crippen molar-refractivity contribution in [2.45, 2.75) is 11.3 Å². The Morgan fingerprint density at radius 3 is 3.06 bits per heavy atom. The lowest BCUT2D eigenvalue weighted by atomic mass is 10.2. The molecule has 0 atom stereocenters. The summed E-state index contributed by atoms with van der Waals surface area (Å²) in [6.07, 6.45) is 2.36. The summed E-state index contributed by atoms with van der Waals surface area (Å²) in [5.41, 5.74) is 0.0154. The van der Waals surface area contributed by atoms with Crippen molar-refractivity contribution in [3.05, 3.63) is 46.2 Å². The predicted molar refractivity (Wildman–Crippen MR) is 71.8 cm³/mol. The number of aromatic nitrogens is 1. The zero-order valence-corrected chi connectivity index (χ0v) is 11.1. The summed E-state index contributed by atoms with van der Waals surface area (Å²) in [5.74, 6) is -0.973. The molecular formula is C12H11FN2OS2. The molecule has 0 fully saturated rings. The quantitative estimate of drug-likeness (QED) is 0.846. The molecule has 0 bridgehead atoms. The minimum Gasteiger partial charge on any atom is -0.352 e. The zero-order chi connectivity index (χ0) is 13.0. The second kappa shape index (κ2) is 5.97. The molecule has 2 aromatic rings. The Morgan fingerprint density at radius 2 is 2.33 bits per heavy atom. The number of thiol groups is 1. The van der Waals surface area contributed by atoms with Crippen LogP contribution in [0.15, 0.2) is 34.7 Å². The van der Waals surface area contributed by atoms with Crippen molar-refractivity contribution in [2.24, 2.45) is 0 Å². The summed E-state index contributed by atoms with van der Waals surface area (Å²) in [7, 11) is 0. The topological polar surface area (TPSA) is 42.0 Å². The van der Waals surface area contributed by atoms with Crippen molar-refractivity contribution in [1.82, 2.24) is 10.3 Å². The van der Waals surface area contributed by atoms with E-state index in [0.717, 1.165) is 5.01 Å². The molecule has 1 heterocycles. The highest BCUT2D eigenvalue weighted by Crippen LogP contribution is 2.13. The summed E-state index contributed by atoms with van der Waals surface area (Å²) < 4.78 is 13.4. The van der Waals surface area contributed by atoms with Crippen LogP contribution in [0.4, 0.5) is 4.39 Å². The Balaban J connectivity index is 1.93. The van der Waals surface area contributed by atoms with Gasteiger partial charge in [0.05, 0.1) is 10.6 Å². The van der Waals surface area contributed by atoms with E-state index in [-0.39, 0.29) is 5.56 Å². The molecule has 0 radical (unpaired) electrons. The van der Waals surface area contributed by atoms with E-state index < -0.39 is 11.7 Å². The molecule has 0 aliphatic heterocycles. The lowest BCUT2D eigenvalue weighted by molar-refractivity contribution is 0.0950. The number of thiazole rings is 1. The van der Waals surface area contributed by atoms with Crippen LogP contribution < -0.4 is 5.32 Å². The molecule has 0 aliphatic carbocycles. The Bertz CT molecular complexity index is 543. The molecule has 0 unspecified atom stereocenters. The van der Waals surface area contributed by atoms with Crippen LogP contribution in [-0.2, 0) is 6.42 Å². The minimum absolute atomic E-state index is 0.0154. The van der Waals surface area contributed by atoms with Gasteiger partial charge in [0.1, 0.15) is 5.82 Å². The Kier molecular flexibility index (Phi) is 4.33. The van der Waals surface area contributed by atoms with Gasteiger partial charge in [-0.3, -0.25) is 4.79 Å². The van der Waals surface area contributed by atoms with E-state index in [9.17, 15) is 9.18 Å². The number of hydrogen-bond acceptors (Lipinski definition) is 4. The van der Waals surface area contributed by atoms with Gasteiger partial charge in [0, 0.05) is 29.4 Å². The van der Waals surface area contributed by atoms with Gasteiger partial charge in [-0.2, -0.15) is 0 Å². The summed E-state index contributed by atoms with van der Waals surface area (Å²) >= 11 is 5.61. The molecule has 0 spiro atoms. The van der Waals surface area contributed by atoms with Crippen LogP contribution in [0.25, 0.3) is 0 Å². The molecule has 94 valence electrons. The van der Waals surface area contributed by atoms with Crippen molar-refractivity contribution >= 4 is 29.9 Å². The molecule has 18 heavy (non-hydrogen) atoms. The van der Waals surface area contributed by atoms with Crippen LogP contribution in [-0.4, -0.2) is 17.4 Å². The maximum Gasteiger partial charge on any atom is 0.254 e. The van der Waals surface area contributed by atoms with E-state index in [1.165, 1.54) is 29.5 Å². The normalized spacial score (nSPS) is 10.3. The third-order valence-corrected chi connectivity index (χ3v) is 3.42. The average molecular weight is 282 g/mol. The van der Waals surface area contributed by atoms with Crippen LogP contribution in [0.1, 0.15) is 15.4 Å². The van der Waals surface area contributed by atoms with Gasteiger partial charge < -0.3 is 5.32 Å². The highest BCUT2D eigenvalue weighted by Gasteiger charge is 2.11. The molecule has 1 amide bonds. The van der Waals surface area contributed by atoms with Gasteiger partial charge >= 0.3 is 0 Å². The second-order valence-electron chi connectivity index (χ2n) is 3.60. The fourth-order valence-corrected chi connectivity index (χ4v) is 2.27. The SMILES string of the molecule is O=C(NCCc1nccs1)c1cc(S)ccc1F. The van der Waals surface area contributed by atoms with Crippen molar-refractivity contribution in [3.8, 4) is 0 Å². The number of benzene rings is 1. The molecule has 1 aromatic carbocycles. The van der Waals surface area contributed by atoms with E-state index >= 15 is 0 Å². The van der Waals surface area contributed by atoms with Gasteiger partial charge in [0.15, 0.2) is 0 Å². The van der Waals surface area contributed by atoms with Gasteiger partial charge in [-0.1, -0.05) is 0 Å². The molecule has 3 nitrogen and oxygen atoms in total. The lowest BCUT2D eigenvalue weighted by Gasteiger charge is -2.05. The van der Waals surface area contributed by atoms with E-state index in [1.807, 2.05) is 5.38 Å². The van der Waals surface area contributed by atoms with Crippen LogP contribution >= 0.6 is 24.0 Å². The van der Waals surface area contributed by atoms with E-state index in [4.69, 9.17) is 0 Å². The predicted octanol–water partition coefficient (Wildman–Crippen LogP) is 2.54. The van der Waals surface area contributed by atoms with Gasteiger partial charge in [0.25, 0.3) is 5.91 Å². The fourth-order valence-electron chi connectivity index (χ4n) is 1.44. The number of amides is 1. The van der Waals surface area contributed by atoms with E-state index in [2.05, 4.69) is 22.9 Å². The monoisotopic (exact) mass is 282 g/mol. The molecule has 0 saturated heterocycles. The Hall–Kier alpha value is -1.40. The highest BCUT2D eigenvalue weighted by molar-refractivity contribution is 7.80. The molecular weight excluding hydrogens is 271 g/mol. The third-order valence-electron chi connectivity index (χ3n) is 2.30. The number of carbonyl (C=O) groups excluding carboxylic acids is 1. The minimum atomic E-state index is -0.542. The van der Waals surface area contributed by atoms with Crippen molar-refractivity contribution in [3.63, 3.8) is 0 Å². The summed E-state index contributed by atoms with van der Waals surface area (Å²) in [6, 6.07) is 4.15. The first-order valence-corrected chi connectivity index (χ1v) is 6.64.